The molecular weight excluding hydrogens is 334 g/mol. The number of carbonyl (C=O) groups is 1. The van der Waals surface area contributed by atoms with Gasteiger partial charge in [-0.1, -0.05) is 60.7 Å². The number of hydrogen-bond acceptors (Lipinski definition) is 2. The highest BCUT2D eigenvalue weighted by Crippen LogP contribution is 2.19. The van der Waals surface area contributed by atoms with Crippen LogP contribution in [-0.2, 0) is 11.4 Å². The molecule has 0 saturated carbocycles. The van der Waals surface area contributed by atoms with Crippen molar-refractivity contribution in [1.29, 1.82) is 0 Å². The van der Waals surface area contributed by atoms with Crippen LogP contribution < -0.4 is 10.1 Å². The molecule has 0 aliphatic rings. The fraction of sp³-hybridized carbons (Fsp3) is 0.125. The Morgan fingerprint density at radius 1 is 0.889 bits per heavy atom. The highest BCUT2D eigenvalue weighted by atomic mass is 16.5. The first kappa shape index (κ1) is 18.5. The van der Waals surface area contributed by atoms with Crippen LogP contribution in [0.3, 0.4) is 0 Å². The molecule has 0 bridgehead atoms. The number of nitrogens with one attached hydrogen (secondary N) is 1. The van der Waals surface area contributed by atoms with Gasteiger partial charge in [0.15, 0.2) is 0 Å². The smallest absolute Gasteiger partial charge is 0.248 e. The highest BCUT2D eigenvalue weighted by molar-refractivity contribution is 6.02. The molecule has 27 heavy (non-hydrogen) atoms. The van der Waals surface area contributed by atoms with Crippen LogP contribution >= 0.6 is 0 Å². The second kappa shape index (κ2) is 8.86. The molecule has 0 atom stereocenters. The number of aryl methyl sites for hydroxylation is 2. The maximum atomic E-state index is 12.2. The minimum absolute atomic E-state index is 0.142. The van der Waals surface area contributed by atoms with E-state index in [2.05, 4.69) is 5.32 Å². The van der Waals surface area contributed by atoms with Crippen LogP contribution in [0.1, 0.15) is 22.3 Å². The maximum absolute atomic E-state index is 12.2. The van der Waals surface area contributed by atoms with Gasteiger partial charge in [-0.05, 0) is 54.3 Å². The molecule has 0 heterocycles. The van der Waals surface area contributed by atoms with Crippen molar-refractivity contribution in [1.82, 2.24) is 0 Å². The van der Waals surface area contributed by atoms with Crippen molar-refractivity contribution in [2.24, 2.45) is 0 Å². The first-order chi connectivity index (χ1) is 13.1. The van der Waals surface area contributed by atoms with Gasteiger partial charge < -0.3 is 10.1 Å². The summed E-state index contributed by atoms with van der Waals surface area (Å²) < 4.78 is 5.77. The van der Waals surface area contributed by atoms with Crippen molar-refractivity contribution in [3.8, 4) is 5.75 Å². The van der Waals surface area contributed by atoms with Crippen LogP contribution in [-0.4, -0.2) is 5.91 Å². The molecule has 3 aromatic rings. The van der Waals surface area contributed by atoms with Crippen molar-refractivity contribution in [3.05, 3.63) is 101 Å². The number of ether oxygens (including phenoxy) is 1. The van der Waals surface area contributed by atoms with E-state index < -0.39 is 0 Å². The molecule has 1 N–H and O–H groups in total. The molecule has 3 aromatic carbocycles. The molecule has 3 rings (SSSR count). The average Bonchev–Trinajstić information content (AvgIpc) is 2.69. The van der Waals surface area contributed by atoms with E-state index >= 15 is 0 Å². The van der Waals surface area contributed by atoms with Gasteiger partial charge in [-0.2, -0.15) is 0 Å². The minimum atomic E-state index is -0.142. The zero-order valence-electron chi connectivity index (χ0n) is 15.6. The topological polar surface area (TPSA) is 38.3 Å². The number of rotatable bonds is 6. The van der Waals surface area contributed by atoms with Crippen molar-refractivity contribution in [2.45, 2.75) is 20.5 Å². The zero-order chi connectivity index (χ0) is 19.1. The Labute approximate surface area is 160 Å². The summed E-state index contributed by atoms with van der Waals surface area (Å²) >= 11 is 0. The lowest BCUT2D eigenvalue weighted by atomic mass is 10.1. The second-order valence-corrected chi connectivity index (χ2v) is 6.43. The molecule has 0 aliphatic heterocycles. The molecule has 0 aliphatic carbocycles. The summed E-state index contributed by atoms with van der Waals surface area (Å²) in [6.07, 6.45) is 3.34. The summed E-state index contributed by atoms with van der Waals surface area (Å²) in [4.78, 5) is 12.2. The molecule has 0 aromatic heterocycles. The minimum Gasteiger partial charge on any atom is -0.489 e. The Bertz CT molecular complexity index is 908. The van der Waals surface area contributed by atoms with Gasteiger partial charge in [0.1, 0.15) is 12.4 Å². The van der Waals surface area contributed by atoms with Crippen molar-refractivity contribution in [2.75, 3.05) is 5.32 Å². The Morgan fingerprint density at radius 3 is 2.22 bits per heavy atom. The fourth-order valence-corrected chi connectivity index (χ4v) is 2.76. The highest BCUT2D eigenvalue weighted by Gasteiger charge is 2.04. The number of hydrogen-bond donors (Lipinski definition) is 1. The quantitative estimate of drug-likeness (QED) is 0.589. The average molecular weight is 357 g/mol. The molecule has 0 unspecified atom stereocenters. The largest absolute Gasteiger partial charge is 0.489 e. The molecule has 3 nitrogen and oxygen atoms in total. The van der Waals surface area contributed by atoms with E-state index in [1.807, 2.05) is 86.6 Å². The summed E-state index contributed by atoms with van der Waals surface area (Å²) in [6, 6.07) is 23.7. The van der Waals surface area contributed by atoms with Gasteiger partial charge in [-0.15, -0.1) is 0 Å². The second-order valence-electron chi connectivity index (χ2n) is 6.43. The van der Waals surface area contributed by atoms with Gasteiger partial charge in [0.2, 0.25) is 5.91 Å². The number of carbonyl (C=O) groups excluding carboxylic acids is 1. The van der Waals surface area contributed by atoms with Gasteiger partial charge in [-0.25, -0.2) is 0 Å². The Hall–Kier alpha value is -3.33. The Balaban J connectivity index is 1.56. The summed E-state index contributed by atoms with van der Waals surface area (Å²) in [6.45, 7) is 4.51. The van der Waals surface area contributed by atoms with E-state index in [9.17, 15) is 4.79 Å². The standard InChI is InChI=1S/C24H23NO2/c1-18-7-6-8-19(2)24(18)25-23(26)16-13-20-11-14-22(15-12-20)27-17-21-9-4-3-5-10-21/h3-16H,17H2,1-2H3,(H,25,26)/b16-13+. The lowest BCUT2D eigenvalue weighted by Gasteiger charge is -2.09. The van der Waals surface area contributed by atoms with E-state index in [1.165, 1.54) is 0 Å². The molecule has 3 heteroatoms. The van der Waals surface area contributed by atoms with Gasteiger partial charge in [0.05, 0.1) is 0 Å². The van der Waals surface area contributed by atoms with Crippen LogP contribution in [0.4, 0.5) is 5.69 Å². The predicted octanol–water partition coefficient (Wildman–Crippen LogP) is 5.53. The molecule has 0 radical (unpaired) electrons. The number of para-hydroxylation sites is 1. The maximum Gasteiger partial charge on any atom is 0.248 e. The predicted molar refractivity (Wildman–Crippen MR) is 111 cm³/mol. The molecular formula is C24H23NO2. The molecule has 136 valence electrons. The summed E-state index contributed by atoms with van der Waals surface area (Å²) in [7, 11) is 0. The van der Waals surface area contributed by atoms with Crippen LogP contribution in [0.15, 0.2) is 78.9 Å². The zero-order valence-corrected chi connectivity index (χ0v) is 15.6. The monoisotopic (exact) mass is 357 g/mol. The van der Waals surface area contributed by atoms with Crippen LogP contribution in [0.5, 0.6) is 5.75 Å². The Kier molecular flexibility index (Phi) is 6.06. The van der Waals surface area contributed by atoms with E-state index in [-0.39, 0.29) is 5.91 Å². The van der Waals surface area contributed by atoms with Gasteiger partial charge in [-0.3, -0.25) is 4.79 Å². The molecule has 0 saturated heterocycles. The Morgan fingerprint density at radius 2 is 1.56 bits per heavy atom. The van der Waals surface area contributed by atoms with Crippen molar-refractivity contribution >= 4 is 17.7 Å². The van der Waals surface area contributed by atoms with Crippen LogP contribution in [0.25, 0.3) is 6.08 Å². The summed E-state index contributed by atoms with van der Waals surface area (Å²) in [5.74, 6) is 0.660. The molecule has 0 spiro atoms. The number of amides is 1. The van der Waals surface area contributed by atoms with Crippen molar-refractivity contribution in [3.63, 3.8) is 0 Å². The van der Waals surface area contributed by atoms with Crippen molar-refractivity contribution < 1.29 is 9.53 Å². The first-order valence-electron chi connectivity index (χ1n) is 8.94. The molecule has 0 fully saturated rings. The lowest BCUT2D eigenvalue weighted by molar-refractivity contribution is -0.111. The van der Waals surface area contributed by atoms with Crippen LogP contribution in [0.2, 0.25) is 0 Å². The summed E-state index contributed by atoms with van der Waals surface area (Å²) in [5.41, 5.74) is 5.05. The van der Waals surface area contributed by atoms with E-state index in [0.29, 0.717) is 6.61 Å². The van der Waals surface area contributed by atoms with Gasteiger partial charge in [0.25, 0.3) is 0 Å². The normalized spacial score (nSPS) is 10.7. The third-order valence-electron chi connectivity index (χ3n) is 4.28. The van der Waals surface area contributed by atoms with E-state index in [0.717, 1.165) is 33.7 Å². The summed E-state index contributed by atoms with van der Waals surface area (Å²) in [5, 5.41) is 2.95. The third kappa shape index (κ3) is 5.32. The third-order valence-corrected chi connectivity index (χ3v) is 4.28. The first-order valence-corrected chi connectivity index (χ1v) is 8.94. The van der Waals surface area contributed by atoms with Gasteiger partial charge >= 0.3 is 0 Å². The number of anilines is 1. The lowest BCUT2D eigenvalue weighted by Crippen LogP contribution is -2.10. The molecule has 1 amide bonds. The van der Waals surface area contributed by atoms with Crippen LogP contribution in [0, 0.1) is 13.8 Å². The van der Waals surface area contributed by atoms with Gasteiger partial charge in [0, 0.05) is 11.8 Å². The number of benzene rings is 3. The SMILES string of the molecule is Cc1cccc(C)c1NC(=O)/C=C/c1ccc(OCc2ccccc2)cc1. The van der Waals surface area contributed by atoms with E-state index in [1.54, 1.807) is 12.2 Å². The van der Waals surface area contributed by atoms with E-state index in [4.69, 9.17) is 4.74 Å². The fourth-order valence-electron chi connectivity index (χ4n) is 2.76.